The third kappa shape index (κ3) is 2.16. The summed E-state index contributed by atoms with van der Waals surface area (Å²) in [6.07, 6.45) is 4.74. The van der Waals surface area contributed by atoms with Crippen LogP contribution >= 0.6 is 0 Å². The molecule has 1 aliphatic carbocycles. The highest BCUT2D eigenvalue weighted by Crippen LogP contribution is 2.25. The average molecular weight is 212 g/mol. The zero-order valence-electron chi connectivity index (χ0n) is 9.28. The van der Waals surface area contributed by atoms with E-state index < -0.39 is 0 Å². The molecule has 0 aromatic rings. The van der Waals surface area contributed by atoms with Gasteiger partial charge in [0.15, 0.2) is 0 Å². The highest BCUT2D eigenvalue weighted by molar-refractivity contribution is 5.83. The molecule has 86 valence electrons. The Hall–Kier alpha value is -0.610. The van der Waals surface area contributed by atoms with Gasteiger partial charge in [-0.2, -0.15) is 0 Å². The molecule has 4 heteroatoms. The standard InChI is InChI=1S/C11H20N2O2/c1-8-6-13(9-4-2-3-5-9)11(15)10(7-14)12-8/h8-10,12,14H,2-7H2,1H3. The minimum atomic E-state index is -0.380. The van der Waals surface area contributed by atoms with Crippen molar-refractivity contribution < 1.29 is 9.90 Å². The summed E-state index contributed by atoms with van der Waals surface area (Å²) in [4.78, 5) is 14.0. The number of aliphatic hydroxyl groups excluding tert-OH is 1. The summed E-state index contributed by atoms with van der Waals surface area (Å²) >= 11 is 0. The summed E-state index contributed by atoms with van der Waals surface area (Å²) in [5.41, 5.74) is 0. The number of nitrogens with one attached hydrogen (secondary N) is 1. The number of amides is 1. The summed E-state index contributed by atoms with van der Waals surface area (Å²) in [5, 5.41) is 12.3. The van der Waals surface area contributed by atoms with Crippen molar-refractivity contribution in [2.45, 2.75) is 50.7 Å². The van der Waals surface area contributed by atoms with Crippen LogP contribution in [0, 0.1) is 0 Å². The molecule has 2 aliphatic rings. The van der Waals surface area contributed by atoms with Gasteiger partial charge in [-0.1, -0.05) is 12.8 Å². The lowest BCUT2D eigenvalue weighted by Crippen LogP contribution is -2.62. The molecule has 0 aromatic carbocycles. The van der Waals surface area contributed by atoms with E-state index in [1.54, 1.807) is 0 Å². The molecule has 1 heterocycles. The van der Waals surface area contributed by atoms with Crippen LogP contribution < -0.4 is 5.32 Å². The first-order valence-corrected chi connectivity index (χ1v) is 5.89. The van der Waals surface area contributed by atoms with Gasteiger partial charge in [0.1, 0.15) is 6.04 Å². The van der Waals surface area contributed by atoms with Crippen molar-refractivity contribution in [2.75, 3.05) is 13.2 Å². The van der Waals surface area contributed by atoms with E-state index >= 15 is 0 Å². The molecule has 0 bridgehead atoms. The minimum absolute atomic E-state index is 0.0856. The zero-order chi connectivity index (χ0) is 10.8. The predicted molar refractivity (Wildman–Crippen MR) is 57.4 cm³/mol. The molecular weight excluding hydrogens is 192 g/mol. The number of carbonyl (C=O) groups excluding carboxylic acids is 1. The molecule has 1 aliphatic heterocycles. The van der Waals surface area contributed by atoms with E-state index in [4.69, 9.17) is 5.11 Å². The molecule has 2 rings (SSSR count). The van der Waals surface area contributed by atoms with Gasteiger partial charge in [-0.05, 0) is 19.8 Å². The molecule has 0 aromatic heterocycles. The fourth-order valence-electron chi connectivity index (χ4n) is 2.73. The quantitative estimate of drug-likeness (QED) is 0.683. The van der Waals surface area contributed by atoms with Crippen LogP contribution in [0.15, 0.2) is 0 Å². The Labute approximate surface area is 90.6 Å². The van der Waals surface area contributed by atoms with E-state index in [0.717, 1.165) is 19.4 Å². The fraction of sp³-hybridized carbons (Fsp3) is 0.909. The molecular formula is C11H20N2O2. The molecule has 1 saturated heterocycles. The van der Waals surface area contributed by atoms with Crippen LogP contribution in [0.3, 0.4) is 0 Å². The van der Waals surface area contributed by atoms with Gasteiger partial charge >= 0.3 is 0 Å². The Bertz CT molecular complexity index is 239. The van der Waals surface area contributed by atoms with E-state index in [1.165, 1.54) is 12.8 Å². The van der Waals surface area contributed by atoms with Gasteiger partial charge in [0.05, 0.1) is 6.61 Å². The van der Waals surface area contributed by atoms with Gasteiger partial charge < -0.3 is 10.0 Å². The van der Waals surface area contributed by atoms with Crippen LogP contribution in [0.2, 0.25) is 0 Å². The summed E-state index contributed by atoms with van der Waals surface area (Å²) < 4.78 is 0. The summed E-state index contributed by atoms with van der Waals surface area (Å²) in [6.45, 7) is 2.77. The molecule has 1 saturated carbocycles. The summed E-state index contributed by atoms with van der Waals surface area (Å²) in [5.74, 6) is 0.0856. The van der Waals surface area contributed by atoms with Crippen molar-refractivity contribution in [1.82, 2.24) is 10.2 Å². The molecule has 2 N–H and O–H groups in total. The SMILES string of the molecule is CC1CN(C2CCCC2)C(=O)C(CO)N1. The molecule has 1 amide bonds. The van der Waals surface area contributed by atoms with Gasteiger partial charge in [-0.15, -0.1) is 0 Å². The third-order valence-corrected chi connectivity index (χ3v) is 3.49. The van der Waals surface area contributed by atoms with Crippen molar-refractivity contribution >= 4 is 5.91 Å². The van der Waals surface area contributed by atoms with Gasteiger partial charge in [-0.3, -0.25) is 10.1 Å². The van der Waals surface area contributed by atoms with Crippen LogP contribution in [0.4, 0.5) is 0 Å². The smallest absolute Gasteiger partial charge is 0.242 e. The van der Waals surface area contributed by atoms with Crippen molar-refractivity contribution in [3.8, 4) is 0 Å². The van der Waals surface area contributed by atoms with Crippen molar-refractivity contribution in [3.63, 3.8) is 0 Å². The van der Waals surface area contributed by atoms with Crippen LogP contribution in [-0.2, 0) is 4.79 Å². The first-order valence-electron chi connectivity index (χ1n) is 5.89. The monoisotopic (exact) mass is 212 g/mol. The maximum absolute atomic E-state index is 12.0. The van der Waals surface area contributed by atoms with Crippen molar-refractivity contribution in [1.29, 1.82) is 0 Å². The molecule has 2 fully saturated rings. The van der Waals surface area contributed by atoms with E-state index in [1.807, 2.05) is 4.90 Å². The molecule has 4 nitrogen and oxygen atoms in total. The first kappa shape index (κ1) is 10.9. The van der Waals surface area contributed by atoms with E-state index in [2.05, 4.69) is 12.2 Å². The first-order chi connectivity index (χ1) is 7.22. The topological polar surface area (TPSA) is 52.6 Å². The Morgan fingerprint density at radius 2 is 2.13 bits per heavy atom. The molecule has 0 spiro atoms. The Kier molecular flexibility index (Phi) is 3.26. The Morgan fingerprint density at radius 1 is 1.47 bits per heavy atom. The van der Waals surface area contributed by atoms with Crippen LogP contribution in [0.5, 0.6) is 0 Å². The van der Waals surface area contributed by atoms with Crippen LogP contribution in [0.1, 0.15) is 32.6 Å². The third-order valence-electron chi connectivity index (χ3n) is 3.49. The lowest BCUT2D eigenvalue weighted by molar-refractivity contribution is -0.140. The van der Waals surface area contributed by atoms with Crippen LogP contribution in [-0.4, -0.2) is 47.2 Å². The Morgan fingerprint density at radius 3 is 2.73 bits per heavy atom. The predicted octanol–water partition coefficient (Wildman–Crippen LogP) is 0.110. The number of rotatable bonds is 2. The second-order valence-corrected chi connectivity index (χ2v) is 4.73. The lowest BCUT2D eigenvalue weighted by Gasteiger charge is -2.39. The largest absolute Gasteiger partial charge is 0.394 e. The van der Waals surface area contributed by atoms with Gasteiger partial charge in [-0.25, -0.2) is 0 Å². The number of carbonyl (C=O) groups is 1. The number of hydrogen-bond acceptors (Lipinski definition) is 3. The summed E-state index contributed by atoms with van der Waals surface area (Å²) in [6, 6.07) is 0.339. The summed E-state index contributed by atoms with van der Waals surface area (Å²) in [7, 11) is 0. The second kappa shape index (κ2) is 4.49. The van der Waals surface area contributed by atoms with Gasteiger partial charge in [0, 0.05) is 18.6 Å². The maximum Gasteiger partial charge on any atom is 0.242 e. The van der Waals surface area contributed by atoms with Gasteiger partial charge in [0.2, 0.25) is 5.91 Å². The second-order valence-electron chi connectivity index (χ2n) is 4.73. The number of hydrogen-bond donors (Lipinski definition) is 2. The number of nitrogens with zero attached hydrogens (tertiary/aromatic N) is 1. The maximum atomic E-state index is 12.0. The molecule has 2 unspecified atom stereocenters. The molecule has 15 heavy (non-hydrogen) atoms. The fourth-order valence-corrected chi connectivity index (χ4v) is 2.73. The highest BCUT2D eigenvalue weighted by atomic mass is 16.3. The number of aliphatic hydroxyl groups is 1. The van der Waals surface area contributed by atoms with Crippen molar-refractivity contribution in [2.24, 2.45) is 0 Å². The molecule has 2 atom stereocenters. The highest BCUT2D eigenvalue weighted by Gasteiger charge is 2.36. The van der Waals surface area contributed by atoms with Crippen LogP contribution in [0.25, 0.3) is 0 Å². The van der Waals surface area contributed by atoms with Crippen molar-refractivity contribution in [3.05, 3.63) is 0 Å². The average Bonchev–Trinajstić information content (AvgIpc) is 2.74. The van der Waals surface area contributed by atoms with E-state index in [9.17, 15) is 4.79 Å². The molecule has 0 radical (unpaired) electrons. The normalized spacial score (nSPS) is 33.7. The van der Waals surface area contributed by atoms with E-state index in [0.29, 0.717) is 12.1 Å². The lowest BCUT2D eigenvalue weighted by atomic mass is 10.1. The Balaban J connectivity index is 2.05. The minimum Gasteiger partial charge on any atom is -0.394 e. The number of piperazine rings is 1. The zero-order valence-corrected chi connectivity index (χ0v) is 9.28. The van der Waals surface area contributed by atoms with Gasteiger partial charge in [0.25, 0.3) is 0 Å². The van der Waals surface area contributed by atoms with E-state index in [-0.39, 0.29) is 18.6 Å².